The predicted octanol–water partition coefficient (Wildman–Crippen LogP) is 2.76. The maximum Gasteiger partial charge on any atom is 0.257 e. The standard InChI is InChI=1S/C20H17FN2O3/c21-14-8-6-13(7-9-14)19(25)22(16-10-11-16)17-12-18(24)23(20(17)26)15-4-2-1-3-5-15/h1-9,16-17H,10-12H2. The van der Waals surface area contributed by atoms with Crippen molar-refractivity contribution in [2.24, 2.45) is 0 Å². The zero-order valence-corrected chi connectivity index (χ0v) is 14.0. The van der Waals surface area contributed by atoms with Crippen molar-refractivity contribution >= 4 is 23.4 Å². The highest BCUT2D eigenvalue weighted by Crippen LogP contribution is 2.35. The number of amides is 3. The fourth-order valence-corrected chi connectivity index (χ4v) is 3.34. The lowest BCUT2D eigenvalue weighted by molar-refractivity contribution is -0.122. The first-order chi connectivity index (χ1) is 12.6. The summed E-state index contributed by atoms with van der Waals surface area (Å²) in [5.74, 6) is -1.47. The lowest BCUT2D eigenvalue weighted by Crippen LogP contribution is -2.46. The van der Waals surface area contributed by atoms with Gasteiger partial charge in [0.05, 0.1) is 12.1 Å². The van der Waals surface area contributed by atoms with Crippen LogP contribution in [0.3, 0.4) is 0 Å². The molecule has 1 aliphatic heterocycles. The van der Waals surface area contributed by atoms with E-state index in [-0.39, 0.29) is 30.2 Å². The van der Waals surface area contributed by atoms with Crippen LogP contribution in [-0.4, -0.2) is 34.7 Å². The average Bonchev–Trinajstić information content (AvgIpc) is 3.43. The largest absolute Gasteiger partial charge is 0.323 e. The molecule has 0 N–H and O–H groups in total. The van der Waals surface area contributed by atoms with Crippen molar-refractivity contribution in [1.29, 1.82) is 0 Å². The summed E-state index contributed by atoms with van der Waals surface area (Å²) in [4.78, 5) is 41.0. The van der Waals surface area contributed by atoms with E-state index in [1.807, 2.05) is 0 Å². The van der Waals surface area contributed by atoms with Gasteiger partial charge in [-0.25, -0.2) is 9.29 Å². The Balaban J connectivity index is 1.63. The summed E-state index contributed by atoms with van der Waals surface area (Å²) < 4.78 is 13.1. The van der Waals surface area contributed by atoms with Crippen molar-refractivity contribution in [3.8, 4) is 0 Å². The molecule has 2 aromatic rings. The quantitative estimate of drug-likeness (QED) is 0.795. The summed E-state index contributed by atoms with van der Waals surface area (Å²) in [6.07, 6.45) is 1.57. The maximum atomic E-state index is 13.1. The molecule has 1 saturated heterocycles. The summed E-state index contributed by atoms with van der Waals surface area (Å²) in [7, 11) is 0. The molecule has 1 heterocycles. The van der Waals surface area contributed by atoms with E-state index in [2.05, 4.69) is 0 Å². The zero-order valence-electron chi connectivity index (χ0n) is 14.0. The molecular formula is C20H17FN2O3. The highest BCUT2D eigenvalue weighted by Gasteiger charge is 2.48. The summed E-state index contributed by atoms with van der Waals surface area (Å²) in [6, 6.07) is 13.1. The van der Waals surface area contributed by atoms with Gasteiger partial charge in [0.25, 0.3) is 11.8 Å². The third-order valence-electron chi connectivity index (χ3n) is 4.74. The minimum absolute atomic E-state index is 0.0306. The number of benzene rings is 2. The molecule has 1 atom stereocenters. The average molecular weight is 352 g/mol. The third kappa shape index (κ3) is 2.87. The number of halogens is 1. The molecule has 2 aliphatic rings. The molecule has 3 amide bonds. The smallest absolute Gasteiger partial charge is 0.257 e. The van der Waals surface area contributed by atoms with Gasteiger partial charge in [-0.15, -0.1) is 0 Å². The molecule has 0 bridgehead atoms. The van der Waals surface area contributed by atoms with E-state index >= 15 is 0 Å². The maximum absolute atomic E-state index is 13.1. The van der Waals surface area contributed by atoms with E-state index in [0.717, 1.165) is 17.7 Å². The van der Waals surface area contributed by atoms with E-state index < -0.39 is 11.9 Å². The van der Waals surface area contributed by atoms with Crippen molar-refractivity contribution in [2.45, 2.75) is 31.3 Å². The number of hydrogen-bond acceptors (Lipinski definition) is 3. The Kier molecular flexibility index (Phi) is 4.03. The summed E-state index contributed by atoms with van der Waals surface area (Å²) in [5.41, 5.74) is 0.826. The molecule has 1 saturated carbocycles. The zero-order chi connectivity index (χ0) is 18.3. The first-order valence-corrected chi connectivity index (χ1v) is 8.56. The van der Waals surface area contributed by atoms with Crippen molar-refractivity contribution in [3.05, 3.63) is 66.0 Å². The molecule has 26 heavy (non-hydrogen) atoms. The van der Waals surface area contributed by atoms with Gasteiger partial charge in [0.2, 0.25) is 5.91 Å². The van der Waals surface area contributed by atoms with E-state index in [0.29, 0.717) is 11.3 Å². The van der Waals surface area contributed by atoms with E-state index in [4.69, 9.17) is 0 Å². The van der Waals surface area contributed by atoms with Gasteiger partial charge >= 0.3 is 0 Å². The SMILES string of the molecule is O=C1CC(N(C(=O)c2ccc(F)cc2)C2CC2)C(=O)N1c1ccccc1. The Morgan fingerprint density at radius 1 is 1.00 bits per heavy atom. The topological polar surface area (TPSA) is 57.7 Å². The summed E-state index contributed by atoms with van der Waals surface area (Å²) >= 11 is 0. The number of imide groups is 1. The number of anilines is 1. The molecular weight excluding hydrogens is 335 g/mol. The van der Waals surface area contributed by atoms with Gasteiger partial charge in [-0.1, -0.05) is 18.2 Å². The van der Waals surface area contributed by atoms with Gasteiger partial charge in [-0.2, -0.15) is 0 Å². The molecule has 0 radical (unpaired) electrons. The Hall–Kier alpha value is -3.02. The fourth-order valence-electron chi connectivity index (χ4n) is 3.34. The Labute approximate surface area is 150 Å². The third-order valence-corrected chi connectivity index (χ3v) is 4.74. The second-order valence-corrected chi connectivity index (χ2v) is 6.57. The van der Waals surface area contributed by atoms with Crippen LogP contribution in [0, 0.1) is 5.82 Å². The molecule has 132 valence electrons. The second kappa shape index (κ2) is 6.37. The first kappa shape index (κ1) is 16.4. The Morgan fingerprint density at radius 3 is 2.27 bits per heavy atom. The minimum Gasteiger partial charge on any atom is -0.323 e. The van der Waals surface area contributed by atoms with Crippen molar-refractivity contribution in [3.63, 3.8) is 0 Å². The molecule has 1 unspecified atom stereocenters. The van der Waals surface area contributed by atoms with Gasteiger partial charge < -0.3 is 4.90 Å². The summed E-state index contributed by atoms with van der Waals surface area (Å²) in [5, 5.41) is 0. The van der Waals surface area contributed by atoms with E-state index in [1.165, 1.54) is 29.2 Å². The molecule has 6 heteroatoms. The molecule has 2 aromatic carbocycles. The van der Waals surface area contributed by atoms with Gasteiger partial charge in [0.1, 0.15) is 11.9 Å². The normalized spacial score (nSPS) is 19.7. The Bertz CT molecular complexity index is 862. The van der Waals surface area contributed by atoms with Crippen LogP contribution in [0.15, 0.2) is 54.6 Å². The molecule has 2 fully saturated rings. The Morgan fingerprint density at radius 2 is 1.65 bits per heavy atom. The number of carbonyl (C=O) groups is 3. The molecule has 0 spiro atoms. The van der Waals surface area contributed by atoms with Crippen LogP contribution >= 0.6 is 0 Å². The van der Waals surface area contributed by atoms with Crippen molar-refractivity contribution in [1.82, 2.24) is 4.90 Å². The number of rotatable bonds is 4. The van der Waals surface area contributed by atoms with Crippen LogP contribution in [0.1, 0.15) is 29.6 Å². The lowest BCUT2D eigenvalue weighted by Gasteiger charge is -2.27. The second-order valence-electron chi connectivity index (χ2n) is 6.57. The number of hydrogen-bond donors (Lipinski definition) is 0. The van der Waals surface area contributed by atoms with Crippen LogP contribution in [0.2, 0.25) is 0 Å². The van der Waals surface area contributed by atoms with Gasteiger partial charge in [-0.05, 0) is 49.2 Å². The number of para-hydroxylation sites is 1. The lowest BCUT2D eigenvalue weighted by atomic mass is 10.1. The van der Waals surface area contributed by atoms with E-state index in [1.54, 1.807) is 30.3 Å². The van der Waals surface area contributed by atoms with Crippen molar-refractivity contribution in [2.75, 3.05) is 4.90 Å². The molecule has 0 aromatic heterocycles. The summed E-state index contributed by atoms with van der Waals surface area (Å²) in [6.45, 7) is 0. The van der Waals surface area contributed by atoms with Gasteiger partial charge in [-0.3, -0.25) is 14.4 Å². The highest BCUT2D eigenvalue weighted by atomic mass is 19.1. The fraction of sp³-hybridized carbons (Fsp3) is 0.250. The monoisotopic (exact) mass is 352 g/mol. The number of nitrogens with zero attached hydrogens (tertiary/aromatic N) is 2. The predicted molar refractivity (Wildman–Crippen MR) is 92.9 cm³/mol. The highest BCUT2D eigenvalue weighted by molar-refractivity contribution is 6.23. The molecule has 4 rings (SSSR count). The van der Waals surface area contributed by atoms with Crippen LogP contribution < -0.4 is 4.90 Å². The van der Waals surface area contributed by atoms with Gasteiger partial charge in [0, 0.05) is 11.6 Å². The van der Waals surface area contributed by atoms with E-state index in [9.17, 15) is 18.8 Å². The van der Waals surface area contributed by atoms with Crippen LogP contribution in [0.5, 0.6) is 0 Å². The van der Waals surface area contributed by atoms with Crippen LogP contribution in [-0.2, 0) is 9.59 Å². The molecule has 5 nitrogen and oxygen atoms in total. The first-order valence-electron chi connectivity index (χ1n) is 8.56. The number of carbonyl (C=O) groups excluding carboxylic acids is 3. The van der Waals surface area contributed by atoms with Gasteiger partial charge in [0.15, 0.2) is 0 Å². The van der Waals surface area contributed by atoms with Crippen LogP contribution in [0.4, 0.5) is 10.1 Å². The molecule has 1 aliphatic carbocycles. The minimum atomic E-state index is -0.812. The van der Waals surface area contributed by atoms with Crippen LogP contribution in [0.25, 0.3) is 0 Å². The van der Waals surface area contributed by atoms with Crippen molar-refractivity contribution < 1.29 is 18.8 Å².